The van der Waals surface area contributed by atoms with Crippen LogP contribution in [0.15, 0.2) is 10.9 Å². The van der Waals surface area contributed by atoms with Crippen molar-refractivity contribution in [2.24, 2.45) is 0 Å². The van der Waals surface area contributed by atoms with Gasteiger partial charge in [0.1, 0.15) is 0 Å². The summed E-state index contributed by atoms with van der Waals surface area (Å²) in [7, 11) is -0.715. The van der Waals surface area contributed by atoms with Gasteiger partial charge in [-0.1, -0.05) is 6.92 Å². The molecule has 5 heteroatoms. The van der Waals surface area contributed by atoms with Crippen LogP contribution in [0, 0.1) is 0 Å². The molecule has 0 saturated heterocycles. The van der Waals surface area contributed by atoms with Gasteiger partial charge < -0.3 is 5.32 Å². The first-order chi connectivity index (χ1) is 7.11. The summed E-state index contributed by atoms with van der Waals surface area (Å²) in [6.45, 7) is 5.01. The van der Waals surface area contributed by atoms with Gasteiger partial charge in [0, 0.05) is 33.7 Å². The van der Waals surface area contributed by atoms with Crippen LogP contribution < -0.4 is 5.32 Å². The largest absolute Gasteiger partial charge is 0.309 e. The van der Waals surface area contributed by atoms with Crippen LogP contribution in [-0.4, -0.2) is 27.2 Å². The van der Waals surface area contributed by atoms with Crippen molar-refractivity contribution in [2.45, 2.75) is 31.6 Å². The van der Waals surface area contributed by atoms with Crippen molar-refractivity contribution in [3.8, 4) is 0 Å². The van der Waals surface area contributed by atoms with Gasteiger partial charge in [0.15, 0.2) is 0 Å². The highest BCUT2D eigenvalue weighted by Gasteiger charge is 2.09. The van der Waals surface area contributed by atoms with Crippen molar-refractivity contribution >= 4 is 22.1 Å². The highest BCUT2D eigenvalue weighted by atomic mass is 32.2. The molecule has 0 spiro atoms. The average molecular weight is 246 g/mol. The summed E-state index contributed by atoms with van der Waals surface area (Å²) < 4.78 is 11.1. The standard InChI is InChI=1S/C10H18N2OS2/c1-8(15(3)13)4-5-11-9(2)10-6-14-7-12-10/h6-9,11H,4-5H2,1-3H3. The van der Waals surface area contributed by atoms with Crippen LogP contribution in [0.3, 0.4) is 0 Å². The molecule has 0 amide bonds. The molecule has 0 radical (unpaired) electrons. The number of hydrogen-bond acceptors (Lipinski definition) is 4. The topological polar surface area (TPSA) is 42.0 Å². The minimum absolute atomic E-state index is 0.264. The molecule has 15 heavy (non-hydrogen) atoms. The Morgan fingerprint density at radius 1 is 1.60 bits per heavy atom. The number of rotatable bonds is 6. The van der Waals surface area contributed by atoms with Gasteiger partial charge in [-0.2, -0.15) is 0 Å². The van der Waals surface area contributed by atoms with Crippen LogP contribution >= 0.6 is 11.3 Å². The number of nitrogens with one attached hydrogen (secondary N) is 1. The normalized spacial score (nSPS) is 17.3. The summed E-state index contributed by atoms with van der Waals surface area (Å²) in [5.74, 6) is 0. The van der Waals surface area contributed by atoms with Crippen molar-refractivity contribution in [2.75, 3.05) is 12.8 Å². The van der Waals surface area contributed by atoms with Gasteiger partial charge >= 0.3 is 0 Å². The average Bonchev–Trinajstić information content (AvgIpc) is 2.70. The molecule has 1 heterocycles. The Balaban J connectivity index is 2.23. The molecule has 3 atom stereocenters. The molecule has 0 bridgehead atoms. The molecule has 1 aromatic rings. The molecule has 0 aliphatic heterocycles. The Morgan fingerprint density at radius 2 is 2.33 bits per heavy atom. The van der Waals surface area contributed by atoms with E-state index in [9.17, 15) is 4.21 Å². The van der Waals surface area contributed by atoms with E-state index >= 15 is 0 Å². The number of aromatic nitrogens is 1. The SMILES string of the molecule is CC(NCCC(C)S(C)=O)c1cscn1. The summed E-state index contributed by atoms with van der Waals surface area (Å²) in [6.07, 6.45) is 2.70. The Labute approximate surface area is 97.8 Å². The van der Waals surface area contributed by atoms with E-state index in [1.807, 2.05) is 12.4 Å². The van der Waals surface area contributed by atoms with Crippen LogP contribution in [-0.2, 0) is 10.8 Å². The second kappa shape index (κ2) is 6.35. The highest BCUT2D eigenvalue weighted by molar-refractivity contribution is 7.84. The Bertz CT molecular complexity index is 300. The zero-order chi connectivity index (χ0) is 11.3. The zero-order valence-electron chi connectivity index (χ0n) is 9.40. The van der Waals surface area contributed by atoms with Crippen LogP contribution in [0.1, 0.15) is 32.0 Å². The van der Waals surface area contributed by atoms with Gasteiger partial charge in [-0.3, -0.25) is 4.21 Å². The van der Waals surface area contributed by atoms with Gasteiger partial charge in [0.25, 0.3) is 0 Å². The fourth-order valence-electron chi connectivity index (χ4n) is 1.21. The molecule has 0 aliphatic carbocycles. The molecule has 0 fully saturated rings. The summed E-state index contributed by atoms with van der Waals surface area (Å²) in [5, 5.41) is 5.70. The fourth-order valence-corrected chi connectivity index (χ4v) is 2.31. The second-order valence-corrected chi connectivity index (χ2v) is 6.21. The maximum atomic E-state index is 11.1. The maximum Gasteiger partial charge on any atom is 0.0795 e. The van der Waals surface area contributed by atoms with Gasteiger partial charge in [-0.15, -0.1) is 11.3 Å². The van der Waals surface area contributed by atoms with E-state index in [0.29, 0.717) is 0 Å². The number of nitrogens with zero attached hydrogens (tertiary/aromatic N) is 1. The lowest BCUT2D eigenvalue weighted by Crippen LogP contribution is -2.24. The Morgan fingerprint density at radius 3 is 2.87 bits per heavy atom. The molecular formula is C10H18N2OS2. The molecule has 1 rings (SSSR count). The maximum absolute atomic E-state index is 11.1. The molecule has 0 aliphatic rings. The molecule has 3 unspecified atom stereocenters. The number of thiazole rings is 1. The first-order valence-electron chi connectivity index (χ1n) is 5.05. The van der Waals surface area contributed by atoms with E-state index < -0.39 is 10.8 Å². The van der Waals surface area contributed by atoms with Crippen LogP contribution in [0.25, 0.3) is 0 Å². The lowest BCUT2D eigenvalue weighted by molar-refractivity contribution is 0.545. The molecule has 1 N–H and O–H groups in total. The lowest BCUT2D eigenvalue weighted by atomic mass is 10.2. The van der Waals surface area contributed by atoms with E-state index in [-0.39, 0.29) is 11.3 Å². The van der Waals surface area contributed by atoms with E-state index in [4.69, 9.17) is 0 Å². The fraction of sp³-hybridized carbons (Fsp3) is 0.700. The number of hydrogen-bond donors (Lipinski definition) is 1. The zero-order valence-corrected chi connectivity index (χ0v) is 11.0. The van der Waals surface area contributed by atoms with Crippen molar-refractivity contribution in [3.05, 3.63) is 16.6 Å². The summed E-state index contributed by atoms with van der Waals surface area (Å²) in [4.78, 5) is 4.25. The van der Waals surface area contributed by atoms with Gasteiger partial charge in [0.05, 0.1) is 11.2 Å². The molecule has 3 nitrogen and oxygen atoms in total. The predicted octanol–water partition coefficient (Wildman–Crippen LogP) is 1.95. The third kappa shape index (κ3) is 4.40. The van der Waals surface area contributed by atoms with Crippen molar-refractivity contribution in [1.29, 1.82) is 0 Å². The lowest BCUT2D eigenvalue weighted by Gasteiger charge is -2.13. The van der Waals surface area contributed by atoms with Crippen molar-refractivity contribution < 1.29 is 4.21 Å². The van der Waals surface area contributed by atoms with Gasteiger partial charge in [-0.25, -0.2) is 4.98 Å². The minimum atomic E-state index is -0.715. The van der Waals surface area contributed by atoms with Crippen LogP contribution in [0.2, 0.25) is 0 Å². The summed E-state index contributed by atoms with van der Waals surface area (Å²) >= 11 is 1.61. The van der Waals surface area contributed by atoms with Crippen LogP contribution in [0.4, 0.5) is 0 Å². The summed E-state index contributed by atoms with van der Waals surface area (Å²) in [5.41, 5.74) is 2.93. The molecule has 0 saturated carbocycles. The van der Waals surface area contributed by atoms with Gasteiger partial charge in [-0.05, 0) is 19.9 Å². The van der Waals surface area contributed by atoms with E-state index in [1.165, 1.54) is 0 Å². The molecule has 0 aromatic carbocycles. The predicted molar refractivity (Wildman–Crippen MR) is 66.7 cm³/mol. The smallest absolute Gasteiger partial charge is 0.0795 e. The van der Waals surface area contributed by atoms with Crippen molar-refractivity contribution in [1.82, 2.24) is 10.3 Å². The first kappa shape index (κ1) is 12.8. The highest BCUT2D eigenvalue weighted by Crippen LogP contribution is 2.11. The third-order valence-corrected chi connectivity index (χ3v) is 4.44. The Kier molecular flexibility index (Phi) is 5.42. The third-order valence-electron chi connectivity index (χ3n) is 2.46. The van der Waals surface area contributed by atoms with E-state index in [2.05, 4.69) is 22.6 Å². The van der Waals surface area contributed by atoms with E-state index in [1.54, 1.807) is 17.6 Å². The minimum Gasteiger partial charge on any atom is -0.309 e. The van der Waals surface area contributed by atoms with E-state index in [0.717, 1.165) is 18.7 Å². The van der Waals surface area contributed by atoms with Crippen LogP contribution in [0.5, 0.6) is 0 Å². The molecule has 1 aromatic heterocycles. The molecular weight excluding hydrogens is 228 g/mol. The molecule has 86 valence electrons. The second-order valence-electron chi connectivity index (χ2n) is 3.69. The summed E-state index contributed by atoms with van der Waals surface area (Å²) in [6, 6.07) is 0.286. The van der Waals surface area contributed by atoms with Crippen molar-refractivity contribution in [3.63, 3.8) is 0 Å². The first-order valence-corrected chi connectivity index (χ1v) is 7.61. The monoisotopic (exact) mass is 246 g/mol. The quantitative estimate of drug-likeness (QED) is 0.834. The Hall–Kier alpha value is -0.260. The van der Waals surface area contributed by atoms with Gasteiger partial charge in [0.2, 0.25) is 0 Å².